The minimum absolute atomic E-state index is 0.148. The number of para-hydroxylation sites is 2. The number of nitrogens with two attached hydrogens (primary N) is 1. The fourth-order valence-electron chi connectivity index (χ4n) is 2.94. The summed E-state index contributed by atoms with van der Waals surface area (Å²) in [5.74, 6) is 0.148. The average Bonchev–Trinajstić information content (AvgIpc) is 3.07. The van der Waals surface area contributed by atoms with Crippen LogP contribution < -0.4 is 5.73 Å². The zero-order valence-electron chi connectivity index (χ0n) is 14.3. The molecule has 0 aliphatic rings. The predicted octanol–water partition coefficient (Wildman–Crippen LogP) is 2.80. The Labute approximate surface area is 148 Å². The van der Waals surface area contributed by atoms with Gasteiger partial charge in [-0.3, -0.25) is 4.79 Å². The van der Waals surface area contributed by atoms with Crippen LogP contribution in [0.15, 0.2) is 60.9 Å². The van der Waals surface area contributed by atoms with E-state index in [9.17, 15) is 4.79 Å². The third-order valence-corrected chi connectivity index (χ3v) is 4.30. The summed E-state index contributed by atoms with van der Waals surface area (Å²) in [5, 5.41) is 0. The van der Waals surface area contributed by atoms with Gasteiger partial charge in [0, 0.05) is 26.1 Å². The first-order chi connectivity index (χ1) is 12.3. The molecule has 25 heavy (non-hydrogen) atoms. The number of benzene rings is 2. The molecule has 0 bridgehead atoms. The van der Waals surface area contributed by atoms with E-state index in [2.05, 4.69) is 4.98 Å². The molecule has 0 aliphatic carbocycles. The van der Waals surface area contributed by atoms with Gasteiger partial charge in [0.15, 0.2) is 0 Å². The van der Waals surface area contributed by atoms with E-state index in [1.165, 1.54) is 0 Å². The number of carbonyl (C=O) groups is 1. The van der Waals surface area contributed by atoms with Crippen LogP contribution in [0.25, 0.3) is 11.0 Å². The lowest BCUT2D eigenvalue weighted by atomic mass is 10.2. The molecular weight excluding hydrogens is 312 g/mol. The number of fused-ring (bicyclic) bond motifs is 1. The maximum absolute atomic E-state index is 12.7. The largest absolute Gasteiger partial charge is 0.338 e. The van der Waals surface area contributed by atoms with Gasteiger partial charge in [-0.15, -0.1) is 0 Å². The molecule has 0 saturated carbocycles. The molecule has 1 heterocycles. The Bertz CT molecular complexity index is 813. The number of hydrogen-bond donors (Lipinski definition) is 1. The molecule has 2 aromatic carbocycles. The van der Waals surface area contributed by atoms with Gasteiger partial charge in [-0.25, -0.2) is 4.98 Å². The van der Waals surface area contributed by atoms with Gasteiger partial charge < -0.3 is 15.2 Å². The lowest BCUT2D eigenvalue weighted by Crippen LogP contribution is -2.33. The van der Waals surface area contributed by atoms with Crippen molar-refractivity contribution in [3.63, 3.8) is 0 Å². The molecule has 5 nitrogen and oxygen atoms in total. The quantitative estimate of drug-likeness (QED) is 0.688. The maximum atomic E-state index is 12.7. The molecule has 0 spiro atoms. The van der Waals surface area contributed by atoms with E-state index in [1.54, 1.807) is 6.33 Å². The van der Waals surface area contributed by atoms with Gasteiger partial charge in [-0.2, -0.15) is 0 Å². The SMILES string of the molecule is NCCCN(Cc1ccccc1)C(=O)CCn1cnc2ccccc21. The summed E-state index contributed by atoms with van der Waals surface area (Å²) in [4.78, 5) is 19.0. The van der Waals surface area contributed by atoms with Crippen LogP contribution in [0.4, 0.5) is 0 Å². The highest BCUT2D eigenvalue weighted by Crippen LogP contribution is 2.13. The van der Waals surface area contributed by atoms with E-state index < -0.39 is 0 Å². The van der Waals surface area contributed by atoms with Crippen molar-refractivity contribution in [3.8, 4) is 0 Å². The van der Waals surface area contributed by atoms with E-state index in [1.807, 2.05) is 64.1 Å². The number of aryl methyl sites for hydroxylation is 1. The van der Waals surface area contributed by atoms with Gasteiger partial charge in [0.2, 0.25) is 5.91 Å². The first-order valence-electron chi connectivity index (χ1n) is 8.69. The first-order valence-corrected chi connectivity index (χ1v) is 8.69. The third-order valence-electron chi connectivity index (χ3n) is 4.30. The lowest BCUT2D eigenvalue weighted by Gasteiger charge is -2.23. The Balaban J connectivity index is 1.65. The van der Waals surface area contributed by atoms with Gasteiger partial charge in [-0.05, 0) is 30.7 Å². The fourth-order valence-corrected chi connectivity index (χ4v) is 2.94. The zero-order valence-corrected chi connectivity index (χ0v) is 14.3. The molecule has 0 fully saturated rings. The molecule has 3 aromatic rings. The molecule has 0 saturated heterocycles. The summed E-state index contributed by atoms with van der Waals surface area (Å²) >= 11 is 0. The molecule has 0 atom stereocenters. The Kier molecular flexibility index (Phi) is 5.80. The summed E-state index contributed by atoms with van der Waals surface area (Å²) in [6, 6.07) is 18.1. The van der Waals surface area contributed by atoms with Crippen LogP contribution in [-0.2, 0) is 17.9 Å². The summed E-state index contributed by atoms with van der Waals surface area (Å²) in [5.41, 5.74) is 8.79. The van der Waals surface area contributed by atoms with Crippen molar-refractivity contribution in [2.75, 3.05) is 13.1 Å². The molecule has 1 aromatic heterocycles. The Hall–Kier alpha value is -2.66. The van der Waals surface area contributed by atoms with Crippen LogP contribution in [0.2, 0.25) is 0 Å². The molecular formula is C20H24N4O. The normalized spacial score (nSPS) is 10.9. The highest BCUT2D eigenvalue weighted by molar-refractivity contribution is 5.77. The summed E-state index contributed by atoms with van der Waals surface area (Å²) < 4.78 is 2.04. The molecule has 0 unspecified atom stereocenters. The number of imidazole rings is 1. The standard InChI is InChI=1S/C20H24N4O/c21-12-6-13-23(15-17-7-2-1-3-8-17)20(25)11-14-24-16-22-18-9-4-5-10-19(18)24/h1-5,7-10,16H,6,11-15,21H2. The lowest BCUT2D eigenvalue weighted by molar-refractivity contribution is -0.132. The zero-order chi connectivity index (χ0) is 17.5. The van der Waals surface area contributed by atoms with E-state index in [0.29, 0.717) is 32.6 Å². The van der Waals surface area contributed by atoms with Gasteiger partial charge in [-0.1, -0.05) is 42.5 Å². The van der Waals surface area contributed by atoms with E-state index in [4.69, 9.17) is 5.73 Å². The Morgan fingerprint density at radius 1 is 1.08 bits per heavy atom. The molecule has 0 aliphatic heterocycles. The van der Waals surface area contributed by atoms with Crippen molar-refractivity contribution in [2.45, 2.75) is 25.9 Å². The van der Waals surface area contributed by atoms with Crippen LogP contribution in [0.1, 0.15) is 18.4 Å². The first kappa shape index (κ1) is 17.2. The van der Waals surface area contributed by atoms with Crippen molar-refractivity contribution < 1.29 is 4.79 Å². The van der Waals surface area contributed by atoms with Gasteiger partial charge >= 0.3 is 0 Å². The number of carbonyl (C=O) groups excluding carboxylic acids is 1. The second-order valence-corrected chi connectivity index (χ2v) is 6.12. The Morgan fingerprint density at radius 3 is 2.64 bits per heavy atom. The number of nitrogens with zero attached hydrogens (tertiary/aromatic N) is 3. The molecule has 3 rings (SSSR count). The molecule has 1 amide bonds. The minimum Gasteiger partial charge on any atom is -0.338 e. The summed E-state index contributed by atoms with van der Waals surface area (Å²) in [6.07, 6.45) is 3.07. The molecule has 130 valence electrons. The van der Waals surface area contributed by atoms with Gasteiger partial charge in [0.25, 0.3) is 0 Å². The van der Waals surface area contributed by atoms with E-state index in [-0.39, 0.29) is 5.91 Å². The summed E-state index contributed by atoms with van der Waals surface area (Å²) in [7, 11) is 0. The fraction of sp³-hybridized carbons (Fsp3) is 0.300. The second kappa shape index (κ2) is 8.44. The van der Waals surface area contributed by atoms with Crippen molar-refractivity contribution in [3.05, 3.63) is 66.5 Å². The Morgan fingerprint density at radius 2 is 1.84 bits per heavy atom. The number of aromatic nitrogens is 2. The monoisotopic (exact) mass is 336 g/mol. The average molecular weight is 336 g/mol. The molecule has 2 N–H and O–H groups in total. The number of amides is 1. The predicted molar refractivity (Wildman–Crippen MR) is 99.9 cm³/mol. The highest BCUT2D eigenvalue weighted by atomic mass is 16.2. The summed E-state index contributed by atoms with van der Waals surface area (Å²) in [6.45, 7) is 2.54. The number of rotatable bonds is 8. The van der Waals surface area contributed by atoms with E-state index in [0.717, 1.165) is 23.0 Å². The van der Waals surface area contributed by atoms with Crippen LogP contribution >= 0.6 is 0 Å². The van der Waals surface area contributed by atoms with Gasteiger partial charge in [0.05, 0.1) is 17.4 Å². The van der Waals surface area contributed by atoms with Crippen molar-refractivity contribution >= 4 is 16.9 Å². The molecule has 5 heteroatoms. The third kappa shape index (κ3) is 4.45. The molecule has 0 radical (unpaired) electrons. The second-order valence-electron chi connectivity index (χ2n) is 6.12. The highest BCUT2D eigenvalue weighted by Gasteiger charge is 2.14. The van der Waals surface area contributed by atoms with Crippen LogP contribution in [0.3, 0.4) is 0 Å². The topological polar surface area (TPSA) is 64.2 Å². The van der Waals surface area contributed by atoms with Crippen molar-refractivity contribution in [1.29, 1.82) is 0 Å². The number of hydrogen-bond acceptors (Lipinski definition) is 3. The van der Waals surface area contributed by atoms with Crippen LogP contribution in [0, 0.1) is 0 Å². The minimum atomic E-state index is 0.148. The smallest absolute Gasteiger partial charge is 0.224 e. The van der Waals surface area contributed by atoms with Crippen molar-refractivity contribution in [1.82, 2.24) is 14.5 Å². The van der Waals surface area contributed by atoms with Crippen LogP contribution in [-0.4, -0.2) is 33.4 Å². The van der Waals surface area contributed by atoms with Crippen molar-refractivity contribution in [2.24, 2.45) is 5.73 Å². The van der Waals surface area contributed by atoms with E-state index >= 15 is 0 Å². The maximum Gasteiger partial charge on any atom is 0.224 e. The van der Waals surface area contributed by atoms with Gasteiger partial charge in [0.1, 0.15) is 0 Å². The van der Waals surface area contributed by atoms with Crippen LogP contribution in [0.5, 0.6) is 0 Å².